The van der Waals surface area contributed by atoms with E-state index < -0.39 is 5.41 Å². The Balaban J connectivity index is 2.49. The predicted octanol–water partition coefficient (Wildman–Crippen LogP) is 3.45. The van der Waals surface area contributed by atoms with E-state index in [0.717, 1.165) is 18.5 Å². The monoisotopic (exact) mass is 304 g/mol. The van der Waals surface area contributed by atoms with E-state index in [1.165, 1.54) is 5.56 Å². The zero-order valence-electron chi connectivity index (χ0n) is 13.1. The van der Waals surface area contributed by atoms with Gasteiger partial charge in [0.05, 0.1) is 10.4 Å². The summed E-state index contributed by atoms with van der Waals surface area (Å²) in [7, 11) is 0. The first-order chi connectivity index (χ1) is 9.97. The van der Waals surface area contributed by atoms with E-state index in [2.05, 4.69) is 13.0 Å². The summed E-state index contributed by atoms with van der Waals surface area (Å²) in [6.07, 6.45) is 3.27. The molecule has 1 aromatic rings. The van der Waals surface area contributed by atoms with Gasteiger partial charge < -0.3 is 10.6 Å². The highest BCUT2D eigenvalue weighted by molar-refractivity contribution is 7.80. The minimum atomic E-state index is -0.728. The van der Waals surface area contributed by atoms with Gasteiger partial charge in [-0.25, -0.2) is 0 Å². The molecular weight excluding hydrogens is 280 g/mol. The Morgan fingerprint density at radius 1 is 1.38 bits per heavy atom. The van der Waals surface area contributed by atoms with Crippen molar-refractivity contribution in [3.8, 4) is 0 Å². The van der Waals surface area contributed by atoms with Crippen molar-refractivity contribution in [1.29, 1.82) is 0 Å². The highest BCUT2D eigenvalue weighted by Crippen LogP contribution is 2.37. The molecule has 2 N–H and O–H groups in total. The molecule has 0 saturated carbocycles. The van der Waals surface area contributed by atoms with Crippen molar-refractivity contribution in [3.63, 3.8) is 0 Å². The predicted molar refractivity (Wildman–Crippen MR) is 91.5 cm³/mol. The molecule has 1 amide bonds. The van der Waals surface area contributed by atoms with Crippen LogP contribution < -0.4 is 10.6 Å². The molecule has 0 saturated heterocycles. The summed E-state index contributed by atoms with van der Waals surface area (Å²) in [5.74, 6) is 0.0552. The Morgan fingerprint density at radius 3 is 2.57 bits per heavy atom. The number of fused-ring (bicyclic) bond motifs is 1. The van der Waals surface area contributed by atoms with Crippen molar-refractivity contribution < 1.29 is 4.79 Å². The minimum Gasteiger partial charge on any atom is -0.392 e. The van der Waals surface area contributed by atoms with Crippen molar-refractivity contribution >= 4 is 28.8 Å². The van der Waals surface area contributed by atoms with Crippen molar-refractivity contribution in [1.82, 2.24) is 0 Å². The lowest BCUT2D eigenvalue weighted by Gasteiger charge is -2.41. The van der Waals surface area contributed by atoms with Gasteiger partial charge in [0.25, 0.3) is 0 Å². The molecule has 21 heavy (non-hydrogen) atoms. The van der Waals surface area contributed by atoms with Gasteiger partial charge in [0.1, 0.15) is 0 Å². The fourth-order valence-electron chi connectivity index (χ4n) is 3.23. The fourth-order valence-corrected chi connectivity index (χ4v) is 3.61. The van der Waals surface area contributed by atoms with E-state index >= 15 is 0 Å². The number of nitrogens with zero attached hydrogens (tertiary/aromatic N) is 1. The van der Waals surface area contributed by atoms with Crippen LogP contribution in [0.3, 0.4) is 0 Å². The van der Waals surface area contributed by atoms with Crippen LogP contribution in [0, 0.1) is 5.41 Å². The Bertz CT molecular complexity index is 551. The van der Waals surface area contributed by atoms with E-state index in [0.29, 0.717) is 17.8 Å². The molecule has 0 radical (unpaired) electrons. The topological polar surface area (TPSA) is 46.3 Å². The molecule has 1 heterocycles. The number of thiocarbonyl (C=S) groups is 1. The maximum absolute atomic E-state index is 13.3. The summed E-state index contributed by atoms with van der Waals surface area (Å²) in [4.78, 5) is 15.5. The first kappa shape index (κ1) is 16.0. The Hall–Kier alpha value is -1.42. The van der Waals surface area contributed by atoms with Gasteiger partial charge >= 0.3 is 0 Å². The van der Waals surface area contributed by atoms with Crippen molar-refractivity contribution in [2.75, 3.05) is 4.90 Å². The number of aryl methyl sites for hydroxylation is 1. The van der Waals surface area contributed by atoms with Gasteiger partial charge in [-0.15, -0.1) is 0 Å². The smallest absolute Gasteiger partial charge is 0.240 e. The van der Waals surface area contributed by atoms with Gasteiger partial charge in [-0.1, -0.05) is 44.3 Å². The summed E-state index contributed by atoms with van der Waals surface area (Å²) in [6, 6.07) is 8.31. The number of hydrogen-bond donors (Lipinski definition) is 1. The maximum atomic E-state index is 13.3. The van der Waals surface area contributed by atoms with Crippen LogP contribution in [0.1, 0.15) is 45.6 Å². The SMILES string of the molecule is CCC(CC)(C(=O)N1c2ccccc2CCC1C)C(N)=S. The summed E-state index contributed by atoms with van der Waals surface area (Å²) < 4.78 is 0. The van der Waals surface area contributed by atoms with E-state index in [1.54, 1.807) is 0 Å². The minimum absolute atomic E-state index is 0.0552. The molecule has 0 spiro atoms. The second-order valence-corrected chi connectivity index (χ2v) is 6.28. The first-order valence-electron chi connectivity index (χ1n) is 7.69. The second-order valence-electron chi connectivity index (χ2n) is 5.85. The summed E-state index contributed by atoms with van der Waals surface area (Å²) in [6.45, 7) is 6.08. The normalized spacial score (nSPS) is 18.2. The van der Waals surface area contributed by atoms with Crippen molar-refractivity contribution in [2.24, 2.45) is 11.1 Å². The average Bonchev–Trinajstić information content (AvgIpc) is 2.48. The molecule has 0 bridgehead atoms. The maximum Gasteiger partial charge on any atom is 0.240 e. The molecule has 3 nitrogen and oxygen atoms in total. The van der Waals surface area contributed by atoms with Crippen LogP contribution in [0.15, 0.2) is 24.3 Å². The fraction of sp³-hybridized carbons (Fsp3) is 0.529. The number of carbonyl (C=O) groups excluding carboxylic acids is 1. The van der Waals surface area contributed by atoms with E-state index in [9.17, 15) is 4.79 Å². The van der Waals surface area contributed by atoms with Crippen LogP contribution in [0.25, 0.3) is 0 Å². The molecule has 1 unspecified atom stereocenters. The number of benzene rings is 1. The zero-order valence-corrected chi connectivity index (χ0v) is 13.9. The molecule has 4 heteroatoms. The number of rotatable bonds is 4. The average molecular weight is 304 g/mol. The van der Waals surface area contributed by atoms with Crippen LogP contribution in [0.5, 0.6) is 0 Å². The van der Waals surface area contributed by atoms with Gasteiger partial charge in [0, 0.05) is 11.7 Å². The van der Waals surface area contributed by atoms with Gasteiger partial charge in [-0.2, -0.15) is 0 Å². The number of para-hydroxylation sites is 1. The number of anilines is 1. The number of amides is 1. The van der Waals surface area contributed by atoms with Crippen LogP contribution in [-0.4, -0.2) is 16.9 Å². The molecule has 114 valence electrons. The third-order valence-corrected chi connectivity index (χ3v) is 5.22. The van der Waals surface area contributed by atoms with Crippen LogP contribution in [-0.2, 0) is 11.2 Å². The standard InChI is InChI=1S/C17H24N2OS/c1-4-17(5-2,15(18)21)16(20)19-12(3)10-11-13-8-6-7-9-14(13)19/h6-9,12H,4-5,10-11H2,1-3H3,(H2,18,21). The zero-order chi connectivity index (χ0) is 15.6. The first-order valence-corrected chi connectivity index (χ1v) is 8.10. The summed E-state index contributed by atoms with van der Waals surface area (Å²) in [5, 5.41) is 0. The lowest BCUT2D eigenvalue weighted by Crippen LogP contribution is -2.54. The lowest BCUT2D eigenvalue weighted by atomic mass is 9.79. The molecule has 1 atom stereocenters. The highest BCUT2D eigenvalue weighted by Gasteiger charge is 2.43. The molecule has 1 aromatic carbocycles. The molecular formula is C17H24N2OS. The van der Waals surface area contributed by atoms with Gasteiger partial charge in [0.15, 0.2) is 0 Å². The molecule has 1 aliphatic rings. The molecule has 2 rings (SSSR count). The third-order valence-electron chi connectivity index (χ3n) is 4.83. The number of carbonyl (C=O) groups is 1. The Labute approximate surface area is 132 Å². The van der Waals surface area contributed by atoms with Crippen molar-refractivity contribution in [2.45, 2.75) is 52.5 Å². The van der Waals surface area contributed by atoms with E-state index in [-0.39, 0.29) is 11.9 Å². The van der Waals surface area contributed by atoms with Gasteiger partial charge in [-0.3, -0.25) is 4.79 Å². The largest absolute Gasteiger partial charge is 0.392 e. The quantitative estimate of drug-likeness (QED) is 0.867. The Kier molecular flexibility index (Phi) is 4.67. The van der Waals surface area contributed by atoms with Gasteiger partial charge in [0.2, 0.25) is 5.91 Å². The second kappa shape index (κ2) is 6.14. The van der Waals surface area contributed by atoms with E-state index in [4.69, 9.17) is 18.0 Å². The van der Waals surface area contributed by atoms with Crippen LogP contribution in [0.2, 0.25) is 0 Å². The van der Waals surface area contributed by atoms with Crippen LogP contribution >= 0.6 is 12.2 Å². The molecule has 1 aliphatic heterocycles. The number of nitrogens with two attached hydrogens (primary N) is 1. The third kappa shape index (κ3) is 2.57. The summed E-state index contributed by atoms with van der Waals surface area (Å²) in [5.41, 5.74) is 7.47. The highest BCUT2D eigenvalue weighted by atomic mass is 32.1. The van der Waals surface area contributed by atoms with Crippen molar-refractivity contribution in [3.05, 3.63) is 29.8 Å². The number of hydrogen-bond acceptors (Lipinski definition) is 2. The molecule has 0 aromatic heterocycles. The molecule has 0 fully saturated rings. The Morgan fingerprint density at radius 2 is 2.00 bits per heavy atom. The molecule has 0 aliphatic carbocycles. The van der Waals surface area contributed by atoms with Crippen LogP contribution in [0.4, 0.5) is 5.69 Å². The summed E-state index contributed by atoms with van der Waals surface area (Å²) >= 11 is 5.24. The van der Waals surface area contributed by atoms with E-state index in [1.807, 2.05) is 36.9 Å². The van der Waals surface area contributed by atoms with Gasteiger partial charge in [-0.05, 0) is 44.2 Å². The lowest BCUT2D eigenvalue weighted by molar-refractivity contribution is -0.125.